The van der Waals surface area contributed by atoms with Crippen LogP contribution in [-0.4, -0.2) is 17.6 Å². The number of nitrogens with two attached hydrogens (primary N) is 1. The zero-order valence-electron chi connectivity index (χ0n) is 15.5. The molecule has 0 aliphatic heterocycles. The van der Waals surface area contributed by atoms with E-state index in [1.54, 1.807) is 0 Å². The van der Waals surface area contributed by atoms with Crippen molar-refractivity contribution in [2.45, 2.75) is 12.8 Å². The van der Waals surface area contributed by atoms with E-state index >= 15 is 0 Å². The molecule has 0 amide bonds. The van der Waals surface area contributed by atoms with Crippen molar-refractivity contribution in [1.29, 1.82) is 0 Å². The summed E-state index contributed by atoms with van der Waals surface area (Å²) in [5.41, 5.74) is 9.49. The molecule has 0 spiro atoms. The first-order valence-corrected chi connectivity index (χ1v) is 9.58. The van der Waals surface area contributed by atoms with Gasteiger partial charge in [-0.1, -0.05) is 72.8 Å². The summed E-state index contributed by atoms with van der Waals surface area (Å²) >= 11 is 0. The molecule has 3 N–H and O–H groups in total. The molecule has 0 bridgehead atoms. The fourth-order valence-electron chi connectivity index (χ4n) is 4.69. The van der Waals surface area contributed by atoms with E-state index in [1.165, 1.54) is 0 Å². The quantitative estimate of drug-likeness (QED) is 0.535. The first-order valence-electron chi connectivity index (χ1n) is 9.58. The first kappa shape index (κ1) is 17.0. The van der Waals surface area contributed by atoms with Gasteiger partial charge in [-0.15, -0.1) is 0 Å². The average molecular weight is 367 g/mol. The molecule has 1 aliphatic carbocycles. The lowest BCUT2D eigenvalue weighted by Crippen LogP contribution is -2.42. The Kier molecular flexibility index (Phi) is 3.74. The summed E-state index contributed by atoms with van der Waals surface area (Å²) in [6.45, 7) is 0.112. The number of hydrogen-bond donors (Lipinski definition) is 2. The Morgan fingerprint density at radius 2 is 1.25 bits per heavy atom. The molecule has 3 nitrogen and oxygen atoms in total. The molecule has 0 atom stereocenters. The molecule has 0 heterocycles. The molecule has 0 unspecified atom stereocenters. The summed E-state index contributed by atoms with van der Waals surface area (Å²) in [7, 11) is 0. The fourth-order valence-corrected chi connectivity index (χ4v) is 4.69. The maximum absolute atomic E-state index is 12.3. The summed E-state index contributed by atoms with van der Waals surface area (Å²) in [6.07, 6.45) is 0.865. The third kappa shape index (κ3) is 2.36. The zero-order chi connectivity index (χ0) is 19.3. The lowest BCUT2D eigenvalue weighted by Gasteiger charge is -2.27. The normalized spacial score (nSPS) is 15.0. The number of carbonyl (C=O) groups is 1. The van der Waals surface area contributed by atoms with Gasteiger partial charge < -0.3 is 10.8 Å². The van der Waals surface area contributed by atoms with Gasteiger partial charge in [0.15, 0.2) is 0 Å². The third-order valence-corrected chi connectivity index (χ3v) is 6.18. The molecule has 0 aromatic heterocycles. The van der Waals surface area contributed by atoms with E-state index in [0.29, 0.717) is 12.8 Å². The molecule has 0 saturated carbocycles. The largest absolute Gasteiger partial charge is 0.481 e. The predicted octanol–water partition coefficient (Wildman–Crippen LogP) is 4.79. The highest BCUT2D eigenvalue weighted by molar-refractivity contribution is 6.08. The predicted molar refractivity (Wildman–Crippen MR) is 113 cm³/mol. The van der Waals surface area contributed by atoms with Crippen LogP contribution in [-0.2, 0) is 17.6 Å². The number of fused-ring (bicyclic) bond motifs is 7. The van der Waals surface area contributed by atoms with Crippen LogP contribution in [0.4, 0.5) is 0 Å². The minimum atomic E-state index is -0.995. The van der Waals surface area contributed by atoms with Gasteiger partial charge in [-0.3, -0.25) is 4.79 Å². The Labute approximate surface area is 163 Å². The van der Waals surface area contributed by atoms with E-state index in [9.17, 15) is 9.90 Å². The van der Waals surface area contributed by atoms with Gasteiger partial charge in [0.25, 0.3) is 0 Å². The minimum absolute atomic E-state index is 0.112. The second-order valence-corrected chi connectivity index (χ2v) is 7.78. The molecular weight excluding hydrogens is 346 g/mol. The molecule has 4 aromatic rings. The van der Waals surface area contributed by atoms with Crippen LogP contribution in [0.5, 0.6) is 0 Å². The smallest absolute Gasteiger partial charge is 0.311 e. The van der Waals surface area contributed by atoms with Crippen molar-refractivity contribution in [3.63, 3.8) is 0 Å². The van der Waals surface area contributed by atoms with Gasteiger partial charge in [-0.2, -0.15) is 0 Å². The number of hydrogen-bond acceptors (Lipinski definition) is 2. The van der Waals surface area contributed by atoms with E-state index in [2.05, 4.69) is 48.5 Å². The van der Waals surface area contributed by atoms with E-state index < -0.39 is 11.4 Å². The van der Waals surface area contributed by atoms with Gasteiger partial charge in [0.1, 0.15) is 0 Å². The second-order valence-electron chi connectivity index (χ2n) is 7.78. The Morgan fingerprint density at radius 1 is 0.786 bits per heavy atom. The van der Waals surface area contributed by atoms with Crippen molar-refractivity contribution in [2.75, 3.05) is 6.54 Å². The van der Waals surface area contributed by atoms with Crippen LogP contribution >= 0.6 is 0 Å². The van der Waals surface area contributed by atoms with Crippen molar-refractivity contribution < 1.29 is 9.90 Å². The molecule has 4 aromatic carbocycles. The van der Waals surface area contributed by atoms with Crippen molar-refractivity contribution in [3.8, 4) is 11.1 Å². The Morgan fingerprint density at radius 3 is 1.68 bits per heavy atom. The Balaban J connectivity index is 1.97. The number of aliphatic carboxylic acids is 1. The number of carboxylic acid groups (broad SMARTS) is 1. The van der Waals surface area contributed by atoms with E-state index in [4.69, 9.17) is 5.73 Å². The summed E-state index contributed by atoms with van der Waals surface area (Å²) in [5, 5.41) is 14.8. The molecular formula is C25H21NO2. The van der Waals surface area contributed by atoms with Gasteiger partial charge >= 0.3 is 5.97 Å². The SMILES string of the molecule is NCC1(C(=O)O)Cc2ccc3ccccc3c2-c2c(ccc3ccccc23)C1. The number of rotatable bonds is 2. The van der Waals surface area contributed by atoms with Crippen LogP contribution in [0.15, 0.2) is 72.8 Å². The minimum Gasteiger partial charge on any atom is -0.481 e. The van der Waals surface area contributed by atoms with Gasteiger partial charge in [0, 0.05) is 6.54 Å². The first-order chi connectivity index (χ1) is 13.6. The number of benzene rings is 4. The molecule has 138 valence electrons. The van der Waals surface area contributed by atoms with Crippen molar-refractivity contribution in [2.24, 2.45) is 11.1 Å². The van der Waals surface area contributed by atoms with Crippen LogP contribution in [0.3, 0.4) is 0 Å². The second kappa shape index (κ2) is 6.18. The van der Waals surface area contributed by atoms with Gasteiger partial charge in [0.05, 0.1) is 5.41 Å². The van der Waals surface area contributed by atoms with E-state index in [-0.39, 0.29) is 6.54 Å². The maximum atomic E-state index is 12.3. The van der Waals surface area contributed by atoms with Gasteiger partial charge in [-0.05, 0) is 56.6 Å². The van der Waals surface area contributed by atoms with Crippen LogP contribution < -0.4 is 5.73 Å². The highest BCUT2D eigenvalue weighted by Crippen LogP contribution is 2.45. The molecule has 0 fully saturated rings. The molecule has 0 radical (unpaired) electrons. The van der Waals surface area contributed by atoms with Crippen molar-refractivity contribution in [1.82, 2.24) is 0 Å². The Bertz CT molecular complexity index is 1150. The average Bonchev–Trinajstić information content (AvgIpc) is 2.89. The van der Waals surface area contributed by atoms with Crippen LogP contribution in [0.1, 0.15) is 11.1 Å². The lowest BCUT2D eigenvalue weighted by atomic mass is 9.78. The fraction of sp³-hybridized carbons (Fsp3) is 0.160. The van der Waals surface area contributed by atoms with Crippen molar-refractivity contribution >= 4 is 27.5 Å². The molecule has 3 heteroatoms. The standard InChI is InChI=1S/C25H21NO2/c26-15-25(24(27)28)13-18-11-9-16-5-1-3-7-20(16)22(18)23-19(14-25)12-10-17-6-2-4-8-21(17)23/h1-12H,13-15,26H2,(H,27,28). The summed E-state index contributed by atoms with van der Waals surface area (Å²) in [4.78, 5) is 12.3. The highest BCUT2D eigenvalue weighted by atomic mass is 16.4. The highest BCUT2D eigenvalue weighted by Gasteiger charge is 2.41. The number of carboxylic acids is 1. The molecule has 0 saturated heterocycles. The molecule has 1 aliphatic rings. The van der Waals surface area contributed by atoms with Gasteiger partial charge in [0.2, 0.25) is 0 Å². The van der Waals surface area contributed by atoms with Crippen LogP contribution in [0.25, 0.3) is 32.7 Å². The lowest BCUT2D eigenvalue weighted by molar-refractivity contribution is -0.148. The van der Waals surface area contributed by atoms with E-state index in [0.717, 1.165) is 43.8 Å². The maximum Gasteiger partial charge on any atom is 0.311 e. The van der Waals surface area contributed by atoms with E-state index in [1.807, 2.05) is 24.3 Å². The van der Waals surface area contributed by atoms with Gasteiger partial charge in [-0.25, -0.2) is 0 Å². The third-order valence-electron chi connectivity index (χ3n) is 6.18. The summed E-state index contributed by atoms with van der Waals surface area (Å²) in [6, 6.07) is 25.0. The molecule has 28 heavy (non-hydrogen) atoms. The van der Waals surface area contributed by atoms with Crippen LogP contribution in [0.2, 0.25) is 0 Å². The van der Waals surface area contributed by atoms with Crippen LogP contribution in [0, 0.1) is 5.41 Å². The van der Waals surface area contributed by atoms with Crippen molar-refractivity contribution in [3.05, 3.63) is 83.9 Å². The topological polar surface area (TPSA) is 63.3 Å². The summed E-state index contributed by atoms with van der Waals surface area (Å²) < 4.78 is 0. The monoisotopic (exact) mass is 367 g/mol. The Hall–Kier alpha value is -3.17. The summed E-state index contributed by atoms with van der Waals surface area (Å²) in [5.74, 6) is -0.824. The molecule has 5 rings (SSSR count). The zero-order valence-corrected chi connectivity index (χ0v) is 15.5.